The number of aliphatic hydroxyl groups is 1. The van der Waals surface area contributed by atoms with Crippen LogP contribution in [0, 0.1) is 0 Å². The van der Waals surface area contributed by atoms with E-state index in [1.165, 1.54) is 26.4 Å². The van der Waals surface area contributed by atoms with Gasteiger partial charge in [-0.2, -0.15) is 4.31 Å². The summed E-state index contributed by atoms with van der Waals surface area (Å²) in [4.78, 5) is 27.7. The van der Waals surface area contributed by atoms with Gasteiger partial charge in [0.2, 0.25) is 16.3 Å². The van der Waals surface area contributed by atoms with E-state index in [0.717, 1.165) is 9.87 Å². The lowest BCUT2D eigenvalue weighted by Gasteiger charge is -2.32. The van der Waals surface area contributed by atoms with Crippen LogP contribution in [0.25, 0.3) is 0 Å². The van der Waals surface area contributed by atoms with Gasteiger partial charge in [-0.05, 0) is 48.0 Å². The maximum absolute atomic E-state index is 14.0. The largest absolute Gasteiger partial charge is 0.497 e. The molecule has 16 heteroatoms. The summed E-state index contributed by atoms with van der Waals surface area (Å²) in [7, 11) is -1.18. The zero-order valence-electron chi connectivity index (χ0n) is 29.1. The number of amides is 1. The number of esters is 1. The minimum Gasteiger partial charge on any atom is -0.497 e. The third kappa shape index (κ3) is 12.2. The van der Waals surface area contributed by atoms with Crippen LogP contribution < -0.4 is 4.74 Å². The first-order chi connectivity index (χ1) is 24.8. The van der Waals surface area contributed by atoms with Crippen LogP contribution in [0.3, 0.4) is 0 Å². The van der Waals surface area contributed by atoms with Crippen LogP contribution >= 0.6 is 0 Å². The molecule has 0 radical (unpaired) electrons. The molecule has 0 bridgehead atoms. The van der Waals surface area contributed by atoms with Crippen molar-refractivity contribution in [2.75, 3.05) is 106 Å². The topological polar surface area (TPSA) is 169 Å². The van der Waals surface area contributed by atoms with Crippen LogP contribution in [0.4, 0.5) is 0 Å². The Labute approximate surface area is 298 Å². The number of carbonyl (C=O) groups is 2. The molecule has 2 heterocycles. The molecule has 0 saturated carbocycles. The predicted octanol–water partition coefficient (Wildman–Crippen LogP) is 1.80. The summed E-state index contributed by atoms with van der Waals surface area (Å²) in [6.45, 7) is 2.75. The number of aliphatic hydroxyl groups excluding tert-OH is 1. The fraction of sp³-hybridized carbons (Fsp3) is 0.543. The number of methoxy groups -OCH3 is 2. The van der Waals surface area contributed by atoms with Crippen LogP contribution in [0.15, 0.2) is 65.3 Å². The van der Waals surface area contributed by atoms with Gasteiger partial charge in [0.1, 0.15) is 5.75 Å². The summed E-state index contributed by atoms with van der Waals surface area (Å²) in [6, 6.07) is 12.8. The molecule has 282 valence electrons. The molecule has 0 unspecified atom stereocenters. The van der Waals surface area contributed by atoms with E-state index in [0.29, 0.717) is 57.4 Å². The van der Waals surface area contributed by atoms with Crippen molar-refractivity contribution < 1.29 is 61.0 Å². The lowest BCUT2D eigenvalue weighted by atomic mass is 9.92. The number of rotatable bonds is 12. The highest BCUT2D eigenvalue weighted by molar-refractivity contribution is 7.89. The molecule has 4 rings (SSSR count). The molecule has 0 aromatic heterocycles. The Morgan fingerprint density at radius 2 is 1.43 bits per heavy atom. The number of sulfonamides is 1. The second-order valence-electron chi connectivity index (χ2n) is 11.4. The fourth-order valence-corrected chi connectivity index (χ4v) is 6.77. The lowest BCUT2D eigenvalue weighted by Crippen LogP contribution is -2.41. The van der Waals surface area contributed by atoms with E-state index in [1.54, 1.807) is 47.4 Å². The highest BCUT2D eigenvalue weighted by atomic mass is 32.2. The molecule has 2 aromatic rings. The van der Waals surface area contributed by atoms with Gasteiger partial charge in [0.15, 0.2) is 5.76 Å². The summed E-state index contributed by atoms with van der Waals surface area (Å²) < 4.78 is 72.5. The maximum atomic E-state index is 14.0. The molecule has 2 aliphatic heterocycles. The second-order valence-corrected chi connectivity index (χ2v) is 13.4. The van der Waals surface area contributed by atoms with Gasteiger partial charge >= 0.3 is 5.97 Å². The van der Waals surface area contributed by atoms with Gasteiger partial charge in [-0.1, -0.05) is 12.1 Å². The van der Waals surface area contributed by atoms with Crippen molar-refractivity contribution >= 4 is 21.9 Å². The average molecular weight is 737 g/mol. The SMILES string of the molecule is COC(=O)c1ccc([C@@H]2C=C(C(=O)N3CCOCCOCCOCCOCC3)O[C@H](OCCN(CCO)S(=O)(=O)c3ccc(OC)cc3)C2)cc1. The van der Waals surface area contributed by atoms with Gasteiger partial charge in [-0.3, -0.25) is 4.79 Å². The first-order valence-electron chi connectivity index (χ1n) is 16.8. The summed E-state index contributed by atoms with van der Waals surface area (Å²) >= 11 is 0. The molecular weight excluding hydrogens is 688 g/mol. The van der Waals surface area contributed by atoms with Crippen LogP contribution in [-0.2, 0) is 48.0 Å². The van der Waals surface area contributed by atoms with Gasteiger partial charge in [0.05, 0.1) is 90.7 Å². The summed E-state index contributed by atoms with van der Waals surface area (Å²) in [6.07, 6.45) is 1.09. The van der Waals surface area contributed by atoms with Crippen molar-refractivity contribution in [3.05, 3.63) is 71.5 Å². The number of ether oxygens (including phenoxy) is 8. The molecule has 1 amide bonds. The summed E-state index contributed by atoms with van der Waals surface area (Å²) in [5, 5.41) is 9.67. The minimum absolute atomic E-state index is 0.0396. The van der Waals surface area contributed by atoms with Crippen molar-refractivity contribution in [3.8, 4) is 5.75 Å². The van der Waals surface area contributed by atoms with Gasteiger partial charge < -0.3 is 47.9 Å². The standard InChI is InChI=1S/C35H48N2O13S/c1-43-30-7-9-31(10-8-30)51(41,42)37(11-15-38)14-18-49-33-26-29(27-3-5-28(6-4-27)35(40)44-2)25-32(50-33)34(39)36-12-16-45-19-21-47-23-24-48-22-20-46-17-13-36/h3-10,25,29,33,38H,11-24,26H2,1-2H3/t29-,33+/m1/s1. The lowest BCUT2D eigenvalue weighted by molar-refractivity contribution is -0.153. The van der Waals surface area contributed by atoms with Gasteiger partial charge in [0, 0.05) is 38.5 Å². The Kier molecular flexibility index (Phi) is 16.6. The van der Waals surface area contributed by atoms with E-state index >= 15 is 0 Å². The van der Waals surface area contributed by atoms with Crippen LogP contribution in [0.5, 0.6) is 5.75 Å². The van der Waals surface area contributed by atoms with Crippen LogP contribution in [0.2, 0.25) is 0 Å². The van der Waals surface area contributed by atoms with Gasteiger partial charge in [0.25, 0.3) is 5.91 Å². The minimum atomic E-state index is -3.97. The third-order valence-electron chi connectivity index (χ3n) is 8.13. The molecular formula is C35H48N2O13S. The van der Waals surface area contributed by atoms with Crippen molar-refractivity contribution in [3.63, 3.8) is 0 Å². The van der Waals surface area contributed by atoms with E-state index in [1.807, 2.05) is 0 Å². The molecule has 1 fully saturated rings. The smallest absolute Gasteiger partial charge is 0.337 e. The highest BCUT2D eigenvalue weighted by Crippen LogP contribution is 2.32. The molecule has 1 N–H and O–H groups in total. The summed E-state index contributed by atoms with van der Waals surface area (Å²) in [5.41, 5.74) is 1.18. The number of hydrogen-bond donors (Lipinski definition) is 1. The monoisotopic (exact) mass is 736 g/mol. The van der Waals surface area contributed by atoms with E-state index in [-0.39, 0.29) is 62.6 Å². The van der Waals surface area contributed by atoms with Gasteiger partial charge in [-0.15, -0.1) is 0 Å². The Bertz CT molecular complexity index is 1490. The number of carbonyl (C=O) groups excluding carboxylic acids is 2. The number of nitrogens with zero attached hydrogens (tertiary/aromatic N) is 2. The normalized spacial score (nSPS) is 20.0. The molecule has 51 heavy (non-hydrogen) atoms. The van der Waals surface area contributed by atoms with Gasteiger partial charge in [-0.25, -0.2) is 13.2 Å². The van der Waals surface area contributed by atoms with Crippen LogP contribution in [0.1, 0.15) is 28.3 Å². The Hall–Kier alpha value is -3.61. The van der Waals surface area contributed by atoms with E-state index in [2.05, 4.69) is 0 Å². The van der Waals surface area contributed by atoms with E-state index < -0.39 is 34.8 Å². The molecule has 1 saturated heterocycles. The quantitative estimate of drug-likeness (QED) is 0.314. The molecule has 0 aliphatic carbocycles. The zero-order chi connectivity index (χ0) is 36.5. The number of allylic oxidation sites excluding steroid dienone is 1. The molecule has 2 aliphatic rings. The highest BCUT2D eigenvalue weighted by Gasteiger charge is 2.32. The maximum Gasteiger partial charge on any atom is 0.337 e. The summed E-state index contributed by atoms with van der Waals surface area (Å²) in [5.74, 6) is -0.663. The van der Waals surface area contributed by atoms with Crippen molar-refractivity contribution in [2.24, 2.45) is 0 Å². The van der Waals surface area contributed by atoms with Crippen molar-refractivity contribution in [2.45, 2.75) is 23.5 Å². The van der Waals surface area contributed by atoms with Crippen molar-refractivity contribution in [1.29, 1.82) is 0 Å². The predicted molar refractivity (Wildman–Crippen MR) is 183 cm³/mol. The first kappa shape index (κ1) is 40.2. The third-order valence-corrected chi connectivity index (χ3v) is 10.0. The second kappa shape index (κ2) is 21.0. The Morgan fingerprint density at radius 1 is 0.843 bits per heavy atom. The van der Waals surface area contributed by atoms with Crippen molar-refractivity contribution in [1.82, 2.24) is 9.21 Å². The fourth-order valence-electron chi connectivity index (χ4n) is 5.36. The Balaban J connectivity index is 1.50. The molecule has 2 atom stereocenters. The van der Waals surface area contributed by atoms with E-state index in [4.69, 9.17) is 37.9 Å². The average Bonchev–Trinajstić information content (AvgIpc) is 3.17. The molecule has 0 spiro atoms. The molecule has 15 nitrogen and oxygen atoms in total. The number of benzene rings is 2. The first-order valence-corrected chi connectivity index (χ1v) is 18.2. The van der Waals surface area contributed by atoms with Crippen LogP contribution in [-0.4, -0.2) is 147 Å². The zero-order valence-corrected chi connectivity index (χ0v) is 29.9. The van der Waals surface area contributed by atoms with E-state index in [9.17, 15) is 23.1 Å². The molecule has 2 aromatic carbocycles. The Morgan fingerprint density at radius 3 is 1.98 bits per heavy atom. The number of hydrogen-bond acceptors (Lipinski definition) is 13.